The van der Waals surface area contributed by atoms with Gasteiger partial charge in [-0.3, -0.25) is 0 Å². The van der Waals surface area contributed by atoms with Crippen LogP contribution in [0.25, 0.3) is 0 Å². The fourth-order valence-corrected chi connectivity index (χ4v) is 21.4. The van der Waals surface area contributed by atoms with E-state index in [0.717, 1.165) is 0 Å². The first-order valence-corrected chi connectivity index (χ1v) is 14.9. The SMILES string of the molecule is C=CN1[SiH](C=C)N[SiH2]N(C)[Si](C)(C)N(C)[Si]1(C=C)C=C. The molecule has 1 unspecified atom stereocenters. The number of nitrogens with one attached hydrogen (secondary N) is 1. The Kier molecular flexibility index (Phi) is 5.72. The van der Waals surface area contributed by atoms with Gasteiger partial charge in [0.2, 0.25) is 9.12 Å². The molecule has 1 rings (SSSR count). The van der Waals surface area contributed by atoms with Gasteiger partial charge >= 0.3 is 0 Å². The summed E-state index contributed by atoms with van der Waals surface area (Å²) >= 11 is 0. The molecule has 0 bridgehead atoms. The Morgan fingerprint density at radius 3 is 2.05 bits per heavy atom. The van der Waals surface area contributed by atoms with Crippen LogP contribution in [0.2, 0.25) is 13.1 Å². The largest absolute Gasteiger partial charge is 0.401 e. The van der Waals surface area contributed by atoms with Crippen LogP contribution in [0.5, 0.6) is 0 Å². The molecule has 0 aromatic heterocycles. The highest BCUT2D eigenvalue weighted by atomic mass is 28.5. The summed E-state index contributed by atoms with van der Waals surface area (Å²) < 4.78 is 11.4. The van der Waals surface area contributed by atoms with Gasteiger partial charge in [0.05, 0.1) is 0 Å². The van der Waals surface area contributed by atoms with Crippen molar-refractivity contribution in [3.05, 3.63) is 49.6 Å². The van der Waals surface area contributed by atoms with Crippen LogP contribution in [0.4, 0.5) is 0 Å². The Labute approximate surface area is 130 Å². The molecule has 0 amide bonds. The van der Waals surface area contributed by atoms with Gasteiger partial charge in [-0.25, -0.2) is 0 Å². The molecule has 0 aromatic rings. The summed E-state index contributed by atoms with van der Waals surface area (Å²) in [6, 6.07) is 0. The molecule has 20 heavy (non-hydrogen) atoms. The lowest BCUT2D eigenvalue weighted by atomic mass is 11.1. The van der Waals surface area contributed by atoms with Crippen molar-refractivity contribution in [3.63, 3.8) is 0 Å². The third-order valence-electron chi connectivity index (χ3n) is 4.56. The van der Waals surface area contributed by atoms with E-state index in [1.54, 1.807) is 0 Å². The Balaban J connectivity index is 3.47. The van der Waals surface area contributed by atoms with Gasteiger partial charge in [-0.15, -0.1) is 19.7 Å². The van der Waals surface area contributed by atoms with E-state index in [0.29, 0.717) is 0 Å². The average molecular weight is 341 g/mol. The molecule has 0 spiro atoms. The topological polar surface area (TPSA) is 21.8 Å². The molecule has 1 aliphatic heterocycles. The minimum absolute atomic E-state index is 0.465. The minimum Gasteiger partial charge on any atom is -0.401 e. The first-order chi connectivity index (χ1) is 9.31. The second kappa shape index (κ2) is 6.52. The molecule has 8 heteroatoms. The predicted octanol–water partition coefficient (Wildman–Crippen LogP) is 0.438. The van der Waals surface area contributed by atoms with Crippen molar-refractivity contribution in [3.8, 4) is 0 Å². The molecule has 0 saturated carbocycles. The van der Waals surface area contributed by atoms with Crippen molar-refractivity contribution < 1.29 is 0 Å². The van der Waals surface area contributed by atoms with E-state index in [9.17, 15) is 0 Å². The van der Waals surface area contributed by atoms with Gasteiger partial charge in [0.1, 0.15) is 0 Å². The van der Waals surface area contributed by atoms with Crippen LogP contribution in [0.1, 0.15) is 0 Å². The summed E-state index contributed by atoms with van der Waals surface area (Å²) in [5.41, 5.74) is 6.32. The maximum Gasteiger partial charge on any atom is 0.272 e. The third kappa shape index (κ3) is 2.64. The van der Waals surface area contributed by atoms with Crippen LogP contribution in [-0.4, -0.2) is 62.5 Å². The van der Waals surface area contributed by atoms with Gasteiger partial charge in [0.25, 0.3) is 8.40 Å². The summed E-state index contributed by atoms with van der Waals surface area (Å²) in [5, 5.41) is 0. The van der Waals surface area contributed by atoms with Gasteiger partial charge in [0, 0.05) is 0 Å². The zero-order valence-corrected chi connectivity index (χ0v) is 17.8. The molecule has 1 saturated heterocycles. The van der Waals surface area contributed by atoms with Crippen molar-refractivity contribution in [2.45, 2.75) is 13.1 Å². The third-order valence-corrected chi connectivity index (χ3v) is 23.1. The number of hydrogen-bond donors (Lipinski definition) is 1. The first kappa shape index (κ1) is 17.6. The van der Waals surface area contributed by atoms with E-state index in [1.807, 2.05) is 6.20 Å². The van der Waals surface area contributed by atoms with Crippen LogP contribution >= 0.6 is 0 Å². The summed E-state index contributed by atoms with van der Waals surface area (Å²) in [5.74, 6) is 0. The van der Waals surface area contributed by atoms with Gasteiger partial charge in [-0.2, -0.15) is 0 Å². The van der Waals surface area contributed by atoms with Gasteiger partial charge < -0.3 is 17.3 Å². The van der Waals surface area contributed by atoms with Crippen molar-refractivity contribution >= 4 is 35.8 Å². The summed E-state index contributed by atoms with van der Waals surface area (Å²) in [6.45, 7) is 21.2. The minimum atomic E-state index is -2.16. The lowest BCUT2D eigenvalue weighted by Crippen LogP contribution is -2.79. The van der Waals surface area contributed by atoms with Crippen LogP contribution in [0.3, 0.4) is 0 Å². The molecule has 0 aromatic carbocycles. The Morgan fingerprint density at radius 2 is 1.65 bits per heavy atom. The predicted molar refractivity (Wildman–Crippen MR) is 100 cm³/mol. The highest BCUT2D eigenvalue weighted by Gasteiger charge is 2.50. The summed E-state index contributed by atoms with van der Waals surface area (Å²) in [7, 11) is -1.25. The highest BCUT2D eigenvalue weighted by molar-refractivity contribution is 7.01. The van der Waals surface area contributed by atoms with Crippen LogP contribution in [0.15, 0.2) is 49.6 Å². The van der Waals surface area contributed by atoms with Gasteiger partial charge in [-0.1, -0.05) is 23.7 Å². The lowest BCUT2D eigenvalue weighted by molar-refractivity contribution is 0.591. The van der Waals surface area contributed by atoms with Crippen LogP contribution < -0.4 is 4.65 Å². The van der Waals surface area contributed by atoms with E-state index in [4.69, 9.17) is 0 Å². The molecule has 4 nitrogen and oxygen atoms in total. The normalized spacial score (nSPS) is 28.4. The second-order valence-electron chi connectivity index (χ2n) is 5.58. The summed E-state index contributed by atoms with van der Waals surface area (Å²) in [6.07, 6.45) is 1.97. The Bertz CT molecular complexity index is 404. The lowest BCUT2D eigenvalue weighted by Gasteiger charge is -2.55. The molecule has 1 atom stereocenters. The zero-order chi connectivity index (χ0) is 15.6. The summed E-state index contributed by atoms with van der Waals surface area (Å²) in [4.78, 5) is 0. The molecule has 1 fully saturated rings. The Hall–Kier alpha value is -0.492. The molecular formula is C12H28N4Si4. The van der Waals surface area contributed by atoms with Crippen molar-refractivity contribution in [2.24, 2.45) is 0 Å². The van der Waals surface area contributed by atoms with Crippen molar-refractivity contribution in [1.82, 2.24) is 17.3 Å². The zero-order valence-electron chi connectivity index (χ0n) is 13.3. The van der Waals surface area contributed by atoms with Gasteiger partial charge in [-0.05, 0) is 33.4 Å². The molecule has 1 heterocycles. The average Bonchev–Trinajstić information content (AvgIpc) is 2.45. The molecule has 0 radical (unpaired) electrons. The van der Waals surface area contributed by atoms with E-state index in [1.165, 1.54) is 0 Å². The van der Waals surface area contributed by atoms with Crippen LogP contribution in [-0.2, 0) is 0 Å². The smallest absolute Gasteiger partial charge is 0.272 e. The van der Waals surface area contributed by atoms with E-state index < -0.39 is 35.8 Å². The number of hydrogen-bond acceptors (Lipinski definition) is 4. The quantitative estimate of drug-likeness (QED) is 0.750. The van der Waals surface area contributed by atoms with Gasteiger partial charge in [0.15, 0.2) is 18.2 Å². The fraction of sp³-hybridized carbons (Fsp3) is 0.333. The maximum atomic E-state index is 4.14. The molecule has 1 aliphatic rings. The van der Waals surface area contributed by atoms with Crippen LogP contribution in [0, 0.1) is 0 Å². The highest BCUT2D eigenvalue weighted by Crippen LogP contribution is 2.27. The standard InChI is InChI=1S/C12H28N4Si4/c1-9-16-18(10-2)13-17-14(5)19(7,8)15(6)20(16,11-3)12-4/h9-13,18H,1-4,17H2,5-8H3. The number of nitrogens with zero attached hydrogens (tertiary/aromatic N) is 3. The maximum absolute atomic E-state index is 4.14. The first-order valence-electron chi connectivity index (χ1n) is 6.81. The van der Waals surface area contributed by atoms with Crippen molar-refractivity contribution in [2.75, 3.05) is 14.1 Å². The molecule has 1 N–H and O–H groups in total. The molecule has 0 aliphatic carbocycles. The molecule has 112 valence electrons. The second-order valence-corrected chi connectivity index (χ2v) is 20.0. The monoisotopic (exact) mass is 340 g/mol. The van der Waals surface area contributed by atoms with E-state index >= 15 is 0 Å². The Morgan fingerprint density at radius 1 is 1.10 bits per heavy atom. The van der Waals surface area contributed by atoms with Crippen molar-refractivity contribution in [1.29, 1.82) is 0 Å². The van der Waals surface area contributed by atoms with E-state index in [-0.39, 0.29) is 0 Å². The van der Waals surface area contributed by atoms with E-state index in [2.05, 4.69) is 87.9 Å². The number of rotatable bonds is 4. The molecular weight excluding hydrogens is 313 g/mol. The fourth-order valence-electron chi connectivity index (χ4n) is 2.64.